The molecule has 0 aliphatic heterocycles. The van der Waals surface area contributed by atoms with Gasteiger partial charge in [0.1, 0.15) is 0 Å². The van der Waals surface area contributed by atoms with E-state index >= 15 is 0 Å². The summed E-state index contributed by atoms with van der Waals surface area (Å²) in [5.74, 6) is 0. The van der Waals surface area contributed by atoms with E-state index < -0.39 is 0 Å². The standard InChI is InChI=1S/C17H27N/c1-4-17(7-5-6-8-17)13-18-12-16-10-14(2)9-15(3)11-16/h9-11,18H,4-8,12-13H2,1-3H3. The average molecular weight is 245 g/mol. The maximum absolute atomic E-state index is 3.69. The lowest BCUT2D eigenvalue weighted by atomic mass is 9.83. The highest BCUT2D eigenvalue weighted by Gasteiger charge is 2.31. The number of nitrogens with one attached hydrogen (secondary N) is 1. The molecule has 0 spiro atoms. The van der Waals surface area contributed by atoms with Crippen molar-refractivity contribution in [2.75, 3.05) is 6.54 Å². The molecule has 18 heavy (non-hydrogen) atoms. The van der Waals surface area contributed by atoms with Gasteiger partial charge in [-0.25, -0.2) is 0 Å². The van der Waals surface area contributed by atoms with Crippen LogP contribution in [0.15, 0.2) is 18.2 Å². The second kappa shape index (κ2) is 5.88. The van der Waals surface area contributed by atoms with Crippen molar-refractivity contribution in [1.82, 2.24) is 5.32 Å². The Balaban J connectivity index is 1.87. The van der Waals surface area contributed by atoms with Crippen LogP contribution in [0.3, 0.4) is 0 Å². The van der Waals surface area contributed by atoms with Crippen molar-refractivity contribution in [2.45, 2.75) is 59.4 Å². The second-order valence-electron chi connectivity index (χ2n) is 6.16. The first-order valence-electron chi connectivity index (χ1n) is 7.41. The molecule has 1 N–H and O–H groups in total. The van der Waals surface area contributed by atoms with Crippen LogP contribution in [0.1, 0.15) is 55.7 Å². The highest BCUT2D eigenvalue weighted by atomic mass is 14.9. The molecule has 0 saturated heterocycles. The minimum absolute atomic E-state index is 0.596. The van der Waals surface area contributed by atoms with Crippen LogP contribution < -0.4 is 5.32 Å². The van der Waals surface area contributed by atoms with Crippen molar-refractivity contribution < 1.29 is 0 Å². The van der Waals surface area contributed by atoms with Crippen LogP contribution in [-0.4, -0.2) is 6.54 Å². The summed E-state index contributed by atoms with van der Waals surface area (Å²) in [5.41, 5.74) is 4.77. The zero-order valence-corrected chi connectivity index (χ0v) is 12.2. The van der Waals surface area contributed by atoms with Crippen LogP contribution in [0.4, 0.5) is 0 Å². The number of hydrogen-bond acceptors (Lipinski definition) is 1. The van der Waals surface area contributed by atoms with Gasteiger partial charge in [-0.2, -0.15) is 0 Å². The van der Waals surface area contributed by atoms with Crippen LogP contribution >= 0.6 is 0 Å². The number of rotatable bonds is 5. The summed E-state index contributed by atoms with van der Waals surface area (Å²) in [7, 11) is 0. The molecule has 0 atom stereocenters. The molecule has 1 aromatic rings. The van der Waals surface area contributed by atoms with E-state index in [2.05, 4.69) is 44.3 Å². The van der Waals surface area contributed by atoms with Crippen molar-refractivity contribution in [1.29, 1.82) is 0 Å². The minimum atomic E-state index is 0.596. The van der Waals surface area contributed by atoms with Crippen molar-refractivity contribution in [3.05, 3.63) is 34.9 Å². The molecule has 0 heterocycles. The fraction of sp³-hybridized carbons (Fsp3) is 0.647. The largest absolute Gasteiger partial charge is 0.312 e. The van der Waals surface area contributed by atoms with Gasteiger partial charge in [0, 0.05) is 13.1 Å². The molecule has 0 bridgehead atoms. The van der Waals surface area contributed by atoms with Gasteiger partial charge in [-0.1, -0.05) is 49.1 Å². The van der Waals surface area contributed by atoms with Crippen LogP contribution in [0, 0.1) is 19.3 Å². The Hall–Kier alpha value is -0.820. The van der Waals surface area contributed by atoms with Gasteiger partial charge < -0.3 is 5.32 Å². The fourth-order valence-electron chi connectivity index (χ4n) is 3.42. The normalized spacial score (nSPS) is 18.2. The van der Waals surface area contributed by atoms with Crippen molar-refractivity contribution in [2.24, 2.45) is 5.41 Å². The second-order valence-corrected chi connectivity index (χ2v) is 6.16. The van der Waals surface area contributed by atoms with Gasteiger partial charge in [-0.15, -0.1) is 0 Å². The van der Waals surface area contributed by atoms with E-state index in [1.807, 2.05) is 0 Å². The zero-order valence-electron chi connectivity index (χ0n) is 12.2. The van der Waals surface area contributed by atoms with Crippen LogP contribution in [-0.2, 0) is 6.54 Å². The van der Waals surface area contributed by atoms with E-state index in [4.69, 9.17) is 0 Å². The van der Waals surface area contributed by atoms with Crippen LogP contribution in [0.25, 0.3) is 0 Å². The van der Waals surface area contributed by atoms with Crippen molar-refractivity contribution in [3.8, 4) is 0 Å². The molecule has 100 valence electrons. The first-order chi connectivity index (χ1) is 8.63. The minimum Gasteiger partial charge on any atom is -0.312 e. The number of benzene rings is 1. The Morgan fingerprint density at radius 1 is 1.06 bits per heavy atom. The highest BCUT2D eigenvalue weighted by molar-refractivity contribution is 5.28. The SMILES string of the molecule is CCC1(CNCc2cc(C)cc(C)c2)CCCC1. The van der Waals surface area contributed by atoms with Gasteiger partial charge in [0.25, 0.3) is 0 Å². The summed E-state index contributed by atoms with van der Waals surface area (Å²) in [6.07, 6.45) is 7.03. The Morgan fingerprint density at radius 3 is 2.22 bits per heavy atom. The van der Waals surface area contributed by atoms with Gasteiger partial charge in [0.2, 0.25) is 0 Å². The predicted octanol–water partition coefficient (Wildman–Crippen LogP) is 4.36. The summed E-state index contributed by atoms with van der Waals surface area (Å²) in [6.45, 7) is 8.92. The van der Waals surface area contributed by atoms with E-state index in [9.17, 15) is 0 Å². The third kappa shape index (κ3) is 3.35. The van der Waals surface area contributed by atoms with Gasteiger partial charge >= 0.3 is 0 Å². The van der Waals surface area contributed by atoms with E-state index in [1.165, 1.54) is 55.3 Å². The lowest BCUT2D eigenvalue weighted by molar-refractivity contribution is 0.268. The van der Waals surface area contributed by atoms with Gasteiger partial charge in [-0.05, 0) is 44.1 Å². The molecular formula is C17H27N. The zero-order chi connectivity index (χ0) is 13.0. The Labute approximate surface area is 112 Å². The monoisotopic (exact) mass is 245 g/mol. The van der Waals surface area contributed by atoms with E-state index in [0.29, 0.717) is 5.41 Å². The summed E-state index contributed by atoms with van der Waals surface area (Å²) in [6, 6.07) is 6.84. The summed E-state index contributed by atoms with van der Waals surface area (Å²) in [5, 5.41) is 3.69. The topological polar surface area (TPSA) is 12.0 Å². The smallest absolute Gasteiger partial charge is 0.0205 e. The Bertz CT molecular complexity index is 368. The molecule has 2 rings (SSSR count). The first kappa shape index (κ1) is 13.6. The van der Waals surface area contributed by atoms with Crippen molar-refractivity contribution >= 4 is 0 Å². The number of aryl methyl sites for hydroxylation is 2. The van der Waals surface area contributed by atoms with E-state index in [1.54, 1.807) is 0 Å². The summed E-state index contributed by atoms with van der Waals surface area (Å²) < 4.78 is 0. The third-order valence-corrected chi connectivity index (χ3v) is 4.52. The Kier molecular flexibility index (Phi) is 4.45. The first-order valence-corrected chi connectivity index (χ1v) is 7.41. The maximum Gasteiger partial charge on any atom is 0.0205 e. The van der Waals surface area contributed by atoms with Gasteiger partial charge in [0.15, 0.2) is 0 Å². The van der Waals surface area contributed by atoms with E-state index in [0.717, 1.165) is 6.54 Å². The number of hydrogen-bond donors (Lipinski definition) is 1. The molecule has 0 amide bonds. The summed E-state index contributed by atoms with van der Waals surface area (Å²) >= 11 is 0. The molecule has 1 saturated carbocycles. The molecule has 1 aromatic carbocycles. The summed E-state index contributed by atoms with van der Waals surface area (Å²) in [4.78, 5) is 0. The van der Waals surface area contributed by atoms with Gasteiger partial charge in [0.05, 0.1) is 0 Å². The molecule has 1 nitrogen and oxygen atoms in total. The highest BCUT2D eigenvalue weighted by Crippen LogP contribution is 2.40. The molecule has 1 heteroatoms. The molecule has 1 aliphatic rings. The van der Waals surface area contributed by atoms with Crippen LogP contribution in [0.2, 0.25) is 0 Å². The molecule has 0 unspecified atom stereocenters. The Morgan fingerprint density at radius 2 is 1.67 bits per heavy atom. The van der Waals surface area contributed by atoms with Crippen molar-refractivity contribution in [3.63, 3.8) is 0 Å². The molecule has 0 radical (unpaired) electrons. The average Bonchev–Trinajstić information content (AvgIpc) is 2.77. The predicted molar refractivity (Wildman–Crippen MR) is 78.8 cm³/mol. The third-order valence-electron chi connectivity index (χ3n) is 4.52. The van der Waals surface area contributed by atoms with Gasteiger partial charge in [-0.3, -0.25) is 0 Å². The lowest BCUT2D eigenvalue weighted by Gasteiger charge is -2.27. The molecule has 0 aromatic heterocycles. The fourth-order valence-corrected chi connectivity index (χ4v) is 3.42. The lowest BCUT2D eigenvalue weighted by Crippen LogP contribution is -2.31. The molecule has 1 fully saturated rings. The maximum atomic E-state index is 3.69. The molecular weight excluding hydrogens is 218 g/mol. The van der Waals surface area contributed by atoms with Crippen LogP contribution in [0.5, 0.6) is 0 Å². The van der Waals surface area contributed by atoms with E-state index in [-0.39, 0.29) is 0 Å². The molecule has 1 aliphatic carbocycles. The quantitative estimate of drug-likeness (QED) is 0.812.